The fourth-order valence-corrected chi connectivity index (χ4v) is 4.36. The number of likely N-dealkylation sites (tertiary alicyclic amines) is 1. The molecule has 3 rings (SSSR count). The van der Waals surface area contributed by atoms with Crippen molar-refractivity contribution < 1.29 is 22.7 Å². The number of benzene rings is 1. The first kappa shape index (κ1) is 19.8. The van der Waals surface area contributed by atoms with Crippen molar-refractivity contribution in [2.24, 2.45) is 5.92 Å². The molecule has 1 aliphatic carbocycles. The van der Waals surface area contributed by atoms with Crippen molar-refractivity contribution in [1.29, 1.82) is 0 Å². The van der Waals surface area contributed by atoms with E-state index in [1.165, 1.54) is 12.1 Å². The van der Waals surface area contributed by atoms with Crippen LogP contribution < -0.4 is 4.72 Å². The topological polar surface area (TPSA) is 92.8 Å². The van der Waals surface area contributed by atoms with E-state index in [0.29, 0.717) is 24.6 Å². The number of rotatable bonds is 6. The molecule has 0 aromatic heterocycles. The lowest BCUT2D eigenvalue weighted by molar-refractivity contribution is -0.135. The van der Waals surface area contributed by atoms with Gasteiger partial charge in [0.1, 0.15) is 0 Å². The van der Waals surface area contributed by atoms with Gasteiger partial charge in [0.05, 0.1) is 10.5 Å². The molecule has 1 aromatic carbocycles. The third-order valence-corrected chi connectivity index (χ3v) is 6.62. The second-order valence-electron chi connectivity index (χ2n) is 7.51. The molecule has 8 heteroatoms. The van der Waals surface area contributed by atoms with Gasteiger partial charge in [-0.3, -0.25) is 4.79 Å². The smallest absolute Gasteiger partial charge is 0.338 e. The van der Waals surface area contributed by atoms with Crippen LogP contribution in [0.15, 0.2) is 23.1 Å². The van der Waals surface area contributed by atoms with Crippen LogP contribution in [-0.2, 0) is 19.6 Å². The Labute approximate surface area is 160 Å². The Morgan fingerprint density at radius 1 is 1.19 bits per heavy atom. The van der Waals surface area contributed by atoms with E-state index < -0.39 is 16.0 Å². The quantitative estimate of drug-likeness (QED) is 0.744. The Bertz CT molecular complexity index is 825. The summed E-state index contributed by atoms with van der Waals surface area (Å²) in [6.07, 6.45) is 3.56. The highest BCUT2D eigenvalue weighted by atomic mass is 32.2. The number of amides is 1. The van der Waals surface area contributed by atoms with Gasteiger partial charge in [-0.2, -0.15) is 0 Å². The highest BCUT2D eigenvalue weighted by molar-refractivity contribution is 7.89. The predicted molar refractivity (Wildman–Crippen MR) is 99.8 cm³/mol. The highest BCUT2D eigenvalue weighted by Gasteiger charge is 2.29. The predicted octanol–water partition coefficient (Wildman–Crippen LogP) is 1.85. The maximum Gasteiger partial charge on any atom is 0.338 e. The summed E-state index contributed by atoms with van der Waals surface area (Å²) in [5, 5.41) is 0. The number of ether oxygens (including phenoxy) is 1. The molecule has 1 amide bonds. The zero-order chi connectivity index (χ0) is 19.6. The molecule has 1 saturated heterocycles. The molecular formula is C19H26N2O5S. The number of aryl methyl sites for hydroxylation is 1. The molecule has 2 fully saturated rings. The minimum absolute atomic E-state index is 0.0170. The SMILES string of the molecule is Cc1ccc(S(=O)(=O)NC2CC2)cc1C(=O)OCC(=O)N1CCC(C)CC1. The first-order valence-electron chi connectivity index (χ1n) is 9.34. The van der Waals surface area contributed by atoms with E-state index in [1.807, 2.05) is 0 Å². The summed E-state index contributed by atoms with van der Waals surface area (Å²) in [5.41, 5.74) is 0.762. The van der Waals surface area contributed by atoms with Crippen molar-refractivity contribution in [3.63, 3.8) is 0 Å². The second kappa shape index (κ2) is 7.98. The number of nitrogens with one attached hydrogen (secondary N) is 1. The summed E-state index contributed by atoms with van der Waals surface area (Å²) < 4.78 is 32.4. The molecule has 0 atom stereocenters. The maximum absolute atomic E-state index is 12.4. The molecule has 0 radical (unpaired) electrons. The van der Waals surface area contributed by atoms with Crippen LogP contribution in [0.25, 0.3) is 0 Å². The first-order chi connectivity index (χ1) is 12.8. The number of hydrogen-bond acceptors (Lipinski definition) is 5. The fraction of sp³-hybridized carbons (Fsp3) is 0.579. The molecule has 1 heterocycles. The number of nitrogens with zero attached hydrogens (tertiary/aromatic N) is 1. The molecule has 0 unspecified atom stereocenters. The van der Waals surface area contributed by atoms with E-state index in [-0.39, 0.29) is 29.0 Å². The number of piperidine rings is 1. The van der Waals surface area contributed by atoms with Gasteiger partial charge < -0.3 is 9.64 Å². The normalized spacial score (nSPS) is 18.4. The van der Waals surface area contributed by atoms with Gasteiger partial charge in [0.15, 0.2) is 6.61 Å². The van der Waals surface area contributed by atoms with Crippen LogP contribution in [0, 0.1) is 12.8 Å². The van der Waals surface area contributed by atoms with Crippen molar-refractivity contribution in [2.45, 2.75) is 50.5 Å². The minimum Gasteiger partial charge on any atom is -0.452 e. The Morgan fingerprint density at radius 3 is 2.48 bits per heavy atom. The van der Waals surface area contributed by atoms with Gasteiger partial charge in [-0.05, 0) is 56.2 Å². The molecule has 1 aliphatic heterocycles. The monoisotopic (exact) mass is 394 g/mol. The average Bonchev–Trinajstić information content (AvgIpc) is 3.43. The second-order valence-corrected chi connectivity index (χ2v) is 9.23. The molecule has 148 valence electrons. The van der Waals surface area contributed by atoms with Gasteiger partial charge in [-0.25, -0.2) is 17.9 Å². The average molecular weight is 394 g/mol. The molecule has 1 N–H and O–H groups in total. The number of esters is 1. The Kier molecular flexibility index (Phi) is 5.86. The zero-order valence-corrected chi connectivity index (χ0v) is 16.5. The van der Waals surface area contributed by atoms with E-state index in [9.17, 15) is 18.0 Å². The highest BCUT2D eigenvalue weighted by Crippen LogP contribution is 2.23. The Morgan fingerprint density at radius 2 is 1.85 bits per heavy atom. The molecule has 27 heavy (non-hydrogen) atoms. The van der Waals surface area contributed by atoms with Gasteiger partial charge in [-0.1, -0.05) is 13.0 Å². The third kappa shape index (κ3) is 5.07. The van der Waals surface area contributed by atoms with Gasteiger partial charge in [0.25, 0.3) is 5.91 Å². The van der Waals surface area contributed by atoms with Crippen LogP contribution in [0.2, 0.25) is 0 Å². The largest absolute Gasteiger partial charge is 0.452 e. The van der Waals surface area contributed by atoms with E-state index in [4.69, 9.17) is 4.74 Å². The summed E-state index contributed by atoms with van der Waals surface area (Å²) in [6.45, 7) is 4.89. The summed E-state index contributed by atoms with van der Waals surface area (Å²) >= 11 is 0. The van der Waals surface area contributed by atoms with Crippen LogP contribution in [0.3, 0.4) is 0 Å². The standard InChI is InChI=1S/C19H26N2O5S/c1-13-7-9-21(10-8-13)18(22)12-26-19(23)17-11-16(6-3-14(17)2)27(24,25)20-15-4-5-15/h3,6,11,13,15,20H,4-5,7-10,12H2,1-2H3. The number of carbonyl (C=O) groups excluding carboxylic acids is 2. The minimum atomic E-state index is -3.66. The van der Waals surface area contributed by atoms with E-state index >= 15 is 0 Å². The zero-order valence-electron chi connectivity index (χ0n) is 15.7. The Hall–Kier alpha value is -1.93. The van der Waals surface area contributed by atoms with Gasteiger partial charge in [0.2, 0.25) is 10.0 Å². The summed E-state index contributed by atoms with van der Waals surface area (Å²) in [7, 11) is -3.66. The molecule has 0 bridgehead atoms. The molecule has 7 nitrogen and oxygen atoms in total. The lowest BCUT2D eigenvalue weighted by Crippen LogP contribution is -2.40. The van der Waals surface area contributed by atoms with Crippen LogP contribution in [0.5, 0.6) is 0 Å². The fourth-order valence-electron chi connectivity index (χ4n) is 3.03. The molecular weight excluding hydrogens is 368 g/mol. The van der Waals surface area contributed by atoms with Crippen molar-refractivity contribution in [3.8, 4) is 0 Å². The van der Waals surface area contributed by atoms with Crippen LogP contribution >= 0.6 is 0 Å². The maximum atomic E-state index is 12.4. The number of carbonyl (C=O) groups is 2. The lowest BCUT2D eigenvalue weighted by atomic mass is 9.99. The van der Waals surface area contributed by atoms with Crippen molar-refractivity contribution in [3.05, 3.63) is 29.3 Å². The summed E-state index contributed by atoms with van der Waals surface area (Å²) in [4.78, 5) is 26.4. The van der Waals surface area contributed by atoms with Crippen LogP contribution in [0.1, 0.15) is 48.5 Å². The van der Waals surface area contributed by atoms with Crippen molar-refractivity contribution >= 4 is 21.9 Å². The third-order valence-electron chi connectivity index (χ3n) is 5.10. The number of hydrogen-bond donors (Lipinski definition) is 1. The van der Waals surface area contributed by atoms with E-state index in [1.54, 1.807) is 17.9 Å². The van der Waals surface area contributed by atoms with Crippen LogP contribution in [-0.4, -0.2) is 50.9 Å². The van der Waals surface area contributed by atoms with Crippen molar-refractivity contribution in [1.82, 2.24) is 9.62 Å². The molecule has 0 spiro atoms. The van der Waals surface area contributed by atoms with Crippen molar-refractivity contribution in [2.75, 3.05) is 19.7 Å². The Balaban J connectivity index is 1.63. The van der Waals surface area contributed by atoms with Gasteiger partial charge in [0, 0.05) is 19.1 Å². The van der Waals surface area contributed by atoms with Gasteiger partial charge >= 0.3 is 5.97 Å². The first-order valence-corrected chi connectivity index (χ1v) is 10.8. The molecule has 1 aromatic rings. The summed E-state index contributed by atoms with van der Waals surface area (Å²) in [6, 6.07) is 4.34. The van der Waals surface area contributed by atoms with E-state index in [0.717, 1.165) is 25.7 Å². The lowest BCUT2D eigenvalue weighted by Gasteiger charge is -2.30. The van der Waals surface area contributed by atoms with E-state index in [2.05, 4.69) is 11.6 Å². The van der Waals surface area contributed by atoms with Crippen LogP contribution in [0.4, 0.5) is 0 Å². The molecule has 1 saturated carbocycles. The number of sulfonamides is 1. The molecule has 2 aliphatic rings. The van der Waals surface area contributed by atoms with Gasteiger partial charge in [-0.15, -0.1) is 0 Å². The summed E-state index contributed by atoms with van der Waals surface area (Å²) in [5.74, 6) is -0.296.